The van der Waals surface area contributed by atoms with Crippen LogP contribution in [0.15, 0.2) is 73.3 Å². The first-order valence-corrected chi connectivity index (χ1v) is 9.14. The molecule has 2 rings (SSSR count). The summed E-state index contributed by atoms with van der Waals surface area (Å²) in [7, 11) is 0. The number of rotatable bonds is 10. The van der Waals surface area contributed by atoms with Crippen LogP contribution in [-0.4, -0.2) is 23.7 Å². The summed E-state index contributed by atoms with van der Waals surface area (Å²) in [6.45, 7) is 5.62. The second-order valence-corrected chi connectivity index (χ2v) is 6.67. The SMILES string of the molecule is C=CCOC(=O)C(CCCC(C)c1ccccc1)(C(=O)O)c1ccccc1. The molecule has 1 N–H and O–H groups in total. The highest BCUT2D eigenvalue weighted by Gasteiger charge is 2.48. The standard InChI is InChI=1S/C23H26O4/c1-3-17-27-22(26)23(21(24)25,20-14-8-5-9-15-20)16-10-11-18(2)19-12-6-4-7-13-19/h3-9,12-15,18H,1,10-11,16-17H2,2H3,(H,24,25). The van der Waals surface area contributed by atoms with Crippen LogP contribution in [0.5, 0.6) is 0 Å². The average Bonchev–Trinajstić information content (AvgIpc) is 2.70. The lowest BCUT2D eigenvalue weighted by molar-refractivity contribution is -0.161. The van der Waals surface area contributed by atoms with Crippen LogP contribution < -0.4 is 0 Å². The Kier molecular flexibility index (Phi) is 7.35. The lowest BCUT2D eigenvalue weighted by atomic mass is 9.75. The van der Waals surface area contributed by atoms with Crippen LogP contribution in [0.3, 0.4) is 0 Å². The molecule has 27 heavy (non-hydrogen) atoms. The smallest absolute Gasteiger partial charge is 0.328 e. The number of aliphatic carboxylic acids is 1. The van der Waals surface area contributed by atoms with Gasteiger partial charge >= 0.3 is 11.9 Å². The van der Waals surface area contributed by atoms with Crippen molar-refractivity contribution in [3.05, 3.63) is 84.4 Å². The fourth-order valence-electron chi connectivity index (χ4n) is 3.28. The molecule has 4 heteroatoms. The summed E-state index contributed by atoms with van der Waals surface area (Å²) in [5.74, 6) is -1.65. The molecule has 0 amide bonds. The minimum Gasteiger partial charge on any atom is -0.480 e. The first-order valence-electron chi connectivity index (χ1n) is 9.14. The Bertz CT molecular complexity index is 754. The number of ether oxygens (including phenoxy) is 1. The van der Waals surface area contributed by atoms with Gasteiger partial charge in [0, 0.05) is 0 Å². The maximum absolute atomic E-state index is 12.8. The van der Waals surface area contributed by atoms with E-state index in [4.69, 9.17) is 4.74 Å². The van der Waals surface area contributed by atoms with Crippen molar-refractivity contribution < 1.29 is 19.4 Å². The van der Waals surface area contributed by atoms with Crippen LogP contribution in [0.4, 0.5) is 0 Å². The molecule has 4 nitrogen and oxygen atoms in total. The van der Waals surface area contributed by atoms with Gasteiger partial charge in [0.25, 0.3) is 0 Å². The number of esters is 1. The van der Waals surface area contributed by atoms with E-state index in [0.29, 0.717) is 12.0 Å². The Labute approximate surface area is 160 Å². The van der Waals surface area contributed by atoms with Crippen molar-refractivity contribution in [2.75, 3.05) is 6.61 Å². The first kappa shape index (κ1) is 20.4. The third kappa shape index (κ3) is 4.85. The summed E-state index contributed by atoms with van der Waals surface area (Å²) in [5, 5.41) is 10.0. The number of hydrogen-bond donors (Lipinski definition) is 1. The molecule has 0 aliphatic rings. The summed E-state index contributed by atoms with van der Waals surface area (Å²) in [5.41, 5.74) is -0.0629. The fraction of sp³-hybridized carbons (Fsp3) is 0.304. The van der Waals surface area contributed by atoms with Gasteiger partial charge in [0.15, 0.2) is 5.41 Å². The van der Waals surface area contributed by atoms with E-state index in [-0.39, 0.29) is 18.9 Å². The third-order valence-electron chi connectivity index (χ3n) is 4.87. The average molecular weight is 366 g/mol. The van der Waals surface area contributed by atoms with Gasteiger partial charge < -0.3 is 9.84 Å². The minimum absolute atomic E-state index is 0.0128. The highest BCUT2D eigenvalue weighted by atomic mass is 16.5. The van der Waals surface area contributed by atoms with Gasteiger partial charge in [-0.1, -0.05) is 86.7 Å². The predicted molar refractivity (Wildman–Crippen MR) is 106 cm³/mol. The maximum atomic E-state index is 12.8. The van der Waals surface area contributed by atoms with Crippen molar-refractivity contribution >= 4 is 11.9 Å². The molecule has 0 aliphatic carbocycles. The molecule has 0 heterocycles. The number of benzene rings is 2. The van der Waals surface area contributed by atoms with Gasteiger partial charge in [0.1, 0.15) is 6.61 Å². The zero-order valence-corrected chi connectivity index (χ0v) is 15.6. The Balaban J connectivity index is 2.22. The van der Waals surface area contributed by atoms with E-state index in [1.54, 1.807) is 30.3 Å². The molecule has 0 aliphatic heterocycles. The van der Waals surface area contributed by atoms with Gasteiger partial charge in [0.2, 0.25) is 0 Å². The Morgan fingerprint density at radius 3 is 2.26 bits per heavy atom. The van der Waals surface area contributed by atoms with Crippen LogP contribution in [0.2, 0.25) is 0 Å². The number of carbonyl (C=O) groups excluding carboxylic acids is 1. The van der Waals surface area contributed by atoms with Gasteiger partial charge in [-0.3, -0.25) is 9.59 Å². The zero-order valence-electron chi connectivity index (χ0n) is 15.6. The van der Waals surface area contributed by atoms with Crippen molar-refractivity contribution in [2.24, 2.45) is 0 Å². The van der Waals surface area contributed by atoms with Crippen LogP contribution in [0.25, 0.3) is 0 Å². The van der Waals surface area contributed by atoms with Crippen LogP contribution in [0, 0.1) is 0 Å². The zero-order chi connectivity index (χ0) is 19.7. The summed E-state index contributed by atoms with van der Waals surface area (Å²) in [6.07, 6.45) is 2.98. The molecular weight excluding hydrogens is 340 g/mol. The van der Waals surface area contributed by atoms with Crippen molar-refractivity contribution in [1.82, 2.24) is 0 Å². The Hall–Kier alpha value is -2.88. The van der Waals surface area contributed by atoms with Crippen molar-refractivity contribution in [2.45, 2.75) is 37.5 Å². The molecule has 2 aromatic rings. The van der Waals surface area contributed by atoms with Crippen LogP contribution in [-0.2, 0) is 19.7 Å². The summed E-state index contributed by atoms with van der Waals surface area (Å²) < 4.78 is 5.18. The number of hydrogen-bond acceptors (Lipinski definition) is 3. The highest BCUT2D eigenvalue weighted by molar-refractivity contribution is 6.05. The fourth-order valence-corrected chi connectivity index (χ4v) is 3.28. The molecule has 2 atom stereocenters. The predicted octanol–water partition coefficient (Wildman–Crippen LogP) is 4.71. The van der Waals surface area contributed by atoms with E-state index < -0.39 is 17.4 Å². The molecule has 2 aromatic carbocycles. The molecule has 0 bridgehead atoms. The topological polar surface area (TPSA) is 63.6 Å². The number of carboxylic acid groups (broad SMARTS) is 1. The van der Waals surface area contributed by atoms with E-state index in [2.05, 4.69) is 25.6 Å². The minimum atomic E-state index is -1.71. The third-order valence-corrected chi connectivity index (χ3v) is 4.87. The van der Waals surface area contributed by atoms with Gasteiger partial charge in [-0.25, -0.2) is 0 Å². The van der Waals surface area contributed by atoms with E-state index in [0.717, 1.165) is 6.42 Å². The molecule has 2 unspecified atom stereocenters. The van der Waals surface area contributed by atoms with Crippen LogP contribution in [0.1, 0.15) is 43.2 Å². The van der Waals surface area contributed by atoms with Gasteiger partial charge in [-0.05, 0) is 29.9 Å². The normalized spacial score (nSPS) is 14.0. The van der Waals surface area contributed by atoms with Gasteiger partial charge in [0.05, 0.1) is 0 Å². The van der Waals surface area contributed by atoms with Gasteiger partial charge in [-0.15, -0.1) is 0 Å². The van der Waals surface area contributed by atoms with E-state index in [1.807, 2.05) is 18.2 Å². The van der Waals surface area contributed by atoms with Crippen molar-refractivity contribution in [1.29, 1.82) is 0 Å². The molecule has 0 spiro atoms. The molecule has 0 saturated carbocycles. The Morgan fingerprint density at radius 2 is 1.70 bits per heavy atom. The highest BCUT2D eigenvalue weighted by Crippen LogP contribution is 2.34. The molecule has 142 valence electrons. The first-order chi connectivity index (χ1) is 13.0. The van der Waals surface area contributed by atoms with E-state index >= 15 is 0 Å². The second-order valence-electron chi connectivity index (χ2n) is 6.67. The molecule has 0 saturated heterocycles. The summed E-state index contributed by atoms with van der Waals surface area (Å²) in [6, 6.07) is 18.7. The quantitative estimate of drug-likeness (QED) is 0.376. The van der Waals surface area contributed by atoms with Crippen molar-refractivity contribution in [3.63, 3.8) is 0 Å². The molecule has 0 fully saturated rings. The summed E-state index contributed by atoms with van der Waals surface area (Å²) >= 11 is 0. The van der Waals surface area contributed by atoms with E-state index in [1.165, 1.54) is 11.6 Å². The number of carboxylic acids is 1. The summed E-state index contributed by atoms with van der Waals surface area (Å²) in [4.78, 5) is 25.0. The molecular formula is C23H26O4. The number of carbonyl (C=O) groups is 2. The van der Waals surface area contributed by atoms with Gasteiger partial charge in [-0.2, -0.15) is 0 Å². The van der Waals surface area contributed by atoms with Crippen molar-refractivity contribution in [3.8, 4) is 0 Å². The van der Waals surface area contributed by atoms with E-state index in [9.17, 15) is 14.7 Å². The second kappa shape index (κ2) is 9.72. The lowest BCUT2D eigenvalue weighted by Crippen LogP contribution is -2.45. The maximum Gasteiger partial charge on any atom is 0.328 e. The molecule has 0 aromatic heterocycles. The Morgan fingerprint density at radius 1 is 1.11 bits per heavy atom. The lowest BCUT2D eigenvalue weighted by Gasteiger charge is -2.28. The monoisotopic (exact) mass is 366 g/mol. The van der Waals surface area contributed by atoms with Crippen LogP contribution >= 0.6 is 0 Å². The largest absolute Gasteiger partial charge is 0.480 e. The molecule has 0 radical (unpaired) electrons.